The second-order valence-corrected chi connectivity index (χ2v) is 4.73. The van der Waals surface area contributed by atoms with E-state index in [4.69, 9.17) is 0 Å². The molecule has 0 radical (unpaired) electrons. The molecule has 1 aromatic rings. The molecule has 1 fully saturated rings. The van der Waals surface area contributed by atoms with Gasteiger partial charge in [0.1, 0.15) is 5.82 Å². The molecule has 0 aliphatic carbocycles. The van der Waals surface area contributed by atoms with Crippen LogP contribution in [0.1, 0.15) is 17.5 Å². The van der Waals surface area contributed by atoms with Gasteiger partial charge in [-0.1, -0.05) is 0 Å². The summed E-state index contributed by atoms with van der Waals surface area (Å²) in [5.41, 5.74) is -0.551. The fourth-order valence-electron chi connectivity index (χ4n) is 2.22. The third kappa shape index (κ3) is 4.18. The zero-order chi connectivity index (χ0) is 13.9. The van der Waals surface area contributed by atoms with Gasteiger partial charge in [-0.2, -0.15) is 13.2 Å². The summed E-state index contributed by atoms with van der Waals surface area (Å²) >= 11 is 0. The number of alkyl halides is 3. The predicted octanol–water partition coefficient (Wildman–Crippen LogP) is 2.64. The van der Waals surface area contributed by atoms with Crippen molar-refractivity contribution >= 4 is 0 Å². The highest BCUT2D eigenvalue weighted by Gasteiger charge is 2.31. The molecule has 0 unspecified atom stereocenters. The minimum absolute atomic E-state index is 0.350. The normalized spacial score (nSPS) is 18.3. The molecule has 0 saturated carbocycles. The van der Waals surface area contributed by atoms with Gasteiger partial charge >= 0.3 is 6.18 Å². The summed E-state index contributed by atoms with van der Waals surface area (Å²) in [7, 11) is 0. The van der Waals surface area contributed by atoms with Gasteiger partial charge in [-0.25, -0.2) is 4.39 Å². The molecule has 1 aromatic carbocycles. The van der Waals surface area contributed by atoms with Crippen molar-refractivity contribution in [2.24, 2.45) is 0 Å². The molecular weight excluding hydrogens is 260 g/mol. The van der Waals surface area contributed by atoms with Crippen molar-refractivity contribution in [3.63, 3.8) is 0 Å². The Kier molecular flexibility index (Phi) is 4.42. The lowest BCUT2D eigenvalue weighted by Gasteiger charge is -2.20. The quantitative estimate of drug-likeness (QED) is 0.835. The smallest absolute Gasteiger partial charge is 0.315 e. The molecule has 0 amide bonds. The summed E-state index contributed by atoms with van der Waals surface area (Å²) < 4.78 is 51.1. The van der Waals surface area contributed by atoms with Crippen LogP contribution in [-0.2, 0) is 12.7 Å². The second kappa shape index (κ2) is 5.88. The largest absolute Gasteiger partial charge is 0.416 e. The highest BCUT2D eigenvalue weighted by Crippen LogP contribution is 2.30. The monoisotopic (exact) mass is 276 g/mol. The van der Waals surface area contributed by atoms with Gasteiger partial charge < -0.3 is 5.32 Å². The van der Waals surface area contributed by atoms with E-state index in [1.54, 1.807) is 0 Å². The van der Waals surface area contributed by atoms with E-state index in [1.807, 2.05) is 4.90 Å². The van der Waals surface area contributed by atoms with Gasteiger partial charge in [-0.05, 0) is 43.3 Å². The minimum atomic E-state index is -4.50. The Labute approximate surface area is 109 Å². The number of benzene rings is 1. The van der Waals surface area contributed by atoms with Gasteiger partial charge in [0.25, 0.3) is 0 Å². The molecule has 1 aliphatic heterocycles. The maximum absolute atomic E-state index is 13.3. The molecule has 0 atom stereocenters. The van der Waals surface area contributed by atoms with Gasteiger partial charge in [0.15, 0.2) is 0 Å². The fourth-order valence-corrected chi connectivity index (χ4v) is 2.22. The average Bonchev–Trinajstić information content (AvgIpc) is 2.55. The lowest BCUT2D eigenvalue weighted by atomic mass is 10.1. The number of rotatable bonds is 2. The summed E-state index contributed by atoms with van der Waals surface area (Å²) in [5, 5.41) is 3.21. The zero-order valence-corrected chi connectivity index (χ0v) is 10.4. The lowest BCUT2D eigenvalue weighted by Crippen LogP contribution is -2.27. The summed E-state index contributed by atoms with van der Waals surface area (Å²) in [6.45, 7) is 3.64. The maximum Gasteiger partial charge on any atom is 0.416 e. The molecule has 106 valence electrons. The Hall–Kier alpha value is -1.14. The van der Waals surface area contributed by atoms with Crippen LogP contribution in [-0.4, -0.2) is 31.1 Å². The standard InChI is InChI=1S/C13H16F4N2/c14-12-7-10(6-11(8-12)13(15,16)17)9-19-4-1-2-18-3-5-19/h6-8,18H,1-5,9H2. The van der Waals surface area contributed by atoms with Crippen LogP contribution in [0.4, 0.5) is 17.6 Å². The van der Waals surface area contributed by atoms with Crippen molar-refractivity contribution < 1.29 is 17.6 Å². The first-order valence-corrected chi connectivity index (χ1v) is 6.25. The predicted molar refractivity (Wildman–Crippen MR) is 64.2 cm³/mol. The van der Waals surface area contributed by atoms with Crippen molar-refractivity contribution in [1.29, 1.82) is 0 Å². The van der Waals surface area contributed by atoms with E-state index in [9.17, 15) is 17.6 Å². The zero-order valence-electron chi connectivity index (χ0n) is 10.4. The third-order valence-corrected chi connectivity index (χ3v) is 3.12. The Morgan fingerprint density at radius 3 is 2.63 bits per heavy atom. The molecule has 19 heavy (non-hydrogen) atoms. The Morgan fingerprint density at radius 2 is 1.89 bits per heavy atom. The Bertz CT molecular complexity index is 423. The van der Waals surface area contributed by atoms with Crippen LogP contribution in [0.25, 0.3) is 0 Å². The Balaban J connectivity index is 2.13. The van der Waals surface area contributed by atoms with Crippen molar-refractivity contribution in [3.05, 3.63) is 35.1 Å². The molecular formula is C13H16F4N2. The summed E-state index contributed by atoms with van der Waals surface area (Å²) in [5.74, 6) is -0.835. The van der Waals surface area contributed by atoms with Crippen LogP contribution in [0.3, 0.4) is 0 Å². The molecule has 1 aliphatic rings. The van der Waals surface area contributed by atoms with Gasteiger partial charge in [0.05, 0.1) is 5.56 Å². The van der Waals surface area contributed by atoms with Crippen LogP contribution >= 0.6 is 0 Å². The molecule has 0 aromatic heterocycles. The molecule has 1 saturated heterocycles. The Morgan fingerprint density at radius 1 is 1.11 bits per heavy atom. The van der Waals surface area contributed by atoms with E-state index in [0.717, 1.165) is 38.7 Å². The summed E-state index contributed by atoms with van der Waals surface area (Å²) in [6, 6.07) is 2.74. The third-order valence-electron chi connectivity index (χ3n) is 3.12. The molecule has 6 heteroatoms. The molecule has 2 rings (SSSR count). The van der Waals surface area contributed by atoms with Gasteiger partial charge in [-0.15, -0.1) is 0 Å². The van der Waals surface area contributed by atoms with Crippen molar-refractivity contribution in [3.8, 4) is 0 Å². The molecule has 1 heterocycles. The van der Waals surface area contributed by atoms with Crippen LogP contribution in [0.15, 0.2) is 18.2 Å². The highest BCUT2D eigenvalue weighted by atomic mass is 19.4. The van der Waals surface area contributed by atoms with Crippen LogP contribution in [0.2, 0.25) is 0 Å². The number of nitrogens with zero attached hydrogens (tertiary/aromatic N) is 1. The van der Waals surface area contributed by atoms with Crippen LogP contribution in [0.5, 0.6) is 0 Å². The minimum Gasteiger partial charge on any atom is -0.315 e. The molecule has 0 spiro atoms. The van der Waals surface area contributed by atoms with E-state index in [-0.39, 0.29) is 0 Å². The van der Waals surface area contributed by atoms with Crippen LogP contribution < -0.4 is 5.32 Å². The molecule has 1 N–H and O–H groups in total. The molecule has 0 bridgehead atoms. The first kappa shape index (κ1) is 14.3. The SMILES string of the molecule is Fc1cc(CN2CCCNCC2)cc(C(F)(F)F)c1. The van der Waals surface area contributed by atoms with Gasteiger partial charge in [-0.3, -0.25) is 4.90 Å². The number of halogens is 4. The number of hydrogen-bond donors (Lipinski definition) is 1. The first-order chi connectivity index (χ1) is 8.95. The molecule has 2 nitrogen and oxygen atoms in total. The van der Waals surface area contributed by atoms with Crippen molar-refractivity contribution in [2.75, 3.05) is 26.2 Å². The number of hydrogen-bond acceptors (Lipinski definition) is 2. The highest BCUT2D eigenvalue weighted by molar-refractivity contribution is 5.26. The lowest BCUT2D eigenvalue weighted by molar-refractivity contribution is -0.137. The van der Waals surface area contributed by atoms with E-state index in [1.165, 1.54) is 6.07 Å². The average molecular weight is 276 g/mol. The van der Waals surface area contributed by atoms with Crippen molar-refractivity contribution in [2.45, 2.75) is 19.1 Å². The van der Waals surface area contributed by atoms with Crippen LogP contribution in [0, 0.1) is 5.82 Å². The van der Waals surface area contributed by atoms with Gasteiger partial charge in [0.2, 0.25) is 0 Å². The second-order valence-electron chi connectivity index (χ2n) is 4.73. The maximum atomic E-state index is 13.3. The summed E-state index contributed by atoms with van der Waals surface area (Å²) in [4.78, 5) is 2.04. The summed E-state index contributed by atoms with van der Waals surface area (Å²) in [6.07, 6.45) is -3.56. The van der Waals surface area contributed by atoms with E-state index in [0.29, 0.717) is 18.2 Å². The number of nitrogens with one attached hydrogen (secondary N) is 1. The van der Waals surface area contributed by atoms with E-state index in [2.05, 4.69) is 5.32 Å². The van der Waals surface area contributed by atoms with Crippen molar-refractivity contribution in [1.82, 2.24) is 10.2 Å². The topological polar surface area (TPSA) is 15.3 Å². The fraction of sp³-hybridized carbons (Fsp3) is 0.538. The van der Waals surface area contributed by atoms with Gasteiger partial charge in [0, 0.05) is 19.6 Å². The van der Waals surface area contributed by atoms with E-state index < -0.39 is 17.6 Å². The first-order valence-electron chi connectivity index (χ1n) is 6.25. The van der Waals surface area contributed by atoms with E-state index >= 15 is 0 Å².